The van der Waals surface area contributed by atoms with Gasteiger partial charge in [0.2, 0.25) is 0 Å². The van der Waals surface area contributed by atoms with Crippen molar-refractivity contribution in [2.24, 2.45) is 0 Å². The molecule has 0 aliphatic rings. The van der Waals surface area contributed by atoms with Crippen LogP contribution in [-0.4, -0.2) is 40.5 Å². The van der Waals surface area contributed by atoms with Crippen LogP contribution < -0.4 is 19.5 Å². The molecule has 1 amide bonds. The molecule has 27 heavy (non-hydrogen) atoms. The van der Waals surface area contributed by atoms with Gasteiger partial charge in [0.1, 0.15) is 12.4 Å². The van der Waals surface area contributed by atoms with Crippen LogP contribution >= 0.6 is 27.5 Å². The third kappa shape index (κ3) is 5.76. The van der Waals surface area contributed by atoms with Crippen molar-refractivity contribution in [3.63, 3.8) is 0 Å². The molecule has 0 aromatic heterocycles. The van der Waals surface area contributed by atoms with Crippen LogP contribution in [0.4, 0.5) is 0 Å². The molecule has 146 valence electrons. The highest BCUT2D eigenvalue weighted by Crippen LogP contribution is 2.33. The van der Waals surface area contributed by atoms with E-state index in [0.29, 0.717) is 46.6 Å². The third-order valence-electron chi connectivity index (χ3n) is 3.72. The fraction of sp³-hybridized carbons (Fsp3) is 0.316. The molecule has 0 unspecified atom stereocenters. The summed E-state index contributed by atoms with van der Waals surface area (Å²) < 4.78 is 21.9. The number of benzene rings is 2. The molecule has 1 N–H and O–H groups in total. The Labute approximate surface area is 171 Å². The van der Waals surface area contributed by atoms with Crippen LogP contribution in [0.25, 0.3) is 0 Å². The van der Waals surface area contributed by atoms with Gasteiger partial charge in [-0.15, -0.1) is 0 Å². The van der Waals surface area contributed by atoms with Crippen LogP contribution in [0.3, 0.4) is 0 Å². The number of methoxy groups -OCH3 is 3. The zero-order chi connectivity index (χ0) is 19.8. The van der Waals surface area contributed by atoms with E-state index in [9.17, 15) is 4.79 Å². The van der Waals surface area contributed by atoms with Gasteiger partial charge in [-0.2, -0.15) is 0 Å². The smallest absolute Gasteiger partial charge is 0.255 e. The van der Waals surface area contributed by atoms with Crippen molar-refractivity contribution in [2.75, 3.05) is 34.5 Å². The first kappa shape index (κ1) is 21.3. The second kappa shape index (κ2) is 10.4. The summed E-state index contributed by atoms with van der Waals surface area (Å²) in [6, 6.07) is 8.63. The second-order valence-corrected chi connectivity index (χ2v) is 6.79. The van der Waals surface area contributed by atoms with Crippen LogP contribution in [0.15, 0.2) is 34.8 Å². The fourth-order valence-corrected chi connectivity index (χ4v) is 2.92. The summed E-state index contributed by atoms with van der Waals surface area (Å²) in [5, 5.41) is 3.32. The number of halogens is 2. The van der Waals surface area contributed by atoms with E-state index in [1.54, 1.807) is 38.5 Å². The number of nitrogens with one attached hydrogen (secondary N) is 1. The fourth-order valence-electron chi connectivity index (χ4n) is 2.34. The van der Waals surface area contributed by atoms with Gasteiger partial charge < -0.3 is 24.3 Å². The molecule has 0 fully saturated rings. The Morgan fingerprint density at radius 1 is 1.04 bits per heavy atom. The standard InChI is InChI=1S/C19H21BrClNO5/c1-24-6-7-27-16-5-4-13(20)9-14(16)19(23)22-11-12-8-17(25-2)18(26-3)10-15(12)21/h4-5,8-10H,6-7,11H2,1-3H3,(H,22,23). The lowest BCUT2D eigenvalue weighted by atomic mass is 10.1. The SMILES string of the molecule is COCCOc1ccc(Br)cc1C(=O)NCc1cc(OC)c(OC)cc1Cl. The van der Waals surface area contributed by atoms with Crippen LogP contribution in [0, 0.1) is 0 Å². The molecule has 2 aromatic carbocycles. The average molecular weight is 459 g/mol. The minimum absolute atomic E-state index is 0.224. The molecule has 2 aromatic rings. The molecule has 0 saturated carbocycles. The maximum atomic E-state index is 12.7. The number of amides is 1. The third-order valence-corrected chi connectivity index (χ3v) is 4.57. The molecule has 0 heterocycles. The monoisotopic (exact) mass is 457 g/mol. The van der Waals surface area contributed by atoms with Crippen LogP contribution in [0.1, 0.15) is 15.9 Å². The summed E-state index contributed by atoms with van der Waals surface area (Å²) in [6.45, 7) is 1.00. The van der Waals surface area contributed by atoms with Crippen LogP contribution in [0.5, 0.6) is 17.2 Å². The number of ether oxygens (including phenoxy) is 4. The number of carbonyl (C=O) groups excluding carboxylic acids is 1. The van der Waals surface area contributed by atoms with Crippen molar-refractivity contribution in [1.82, 2.24) is 5.32 Å². The Balaban J connectivity index is 2.15. The predicted octanol–water partition coefficient (Wildman–Crippen LogP) is 4.07. The molecule has 0 aliphatic carbocycles. The van der Waals surface area contributed by atoms with Gasteiger partial charge in [-0.3, -0.25) is 4.79 Å². The summed E-state index contributed by atoms with van der Waals surface area (Å²) >= 11 is 9.65. The Hall–Kier alpha value is -1.96. The van der Waals surface area contributed by atoms with Gasteiger partial charge in [0.05, 0.1) is 26.4 Å². The van der Waals surface area contributed by atoms with Crippen LogP contribution in [-0.2, 0) is 11.3 Å². The lowest BCUT2D eigenvalue weighted by Gasteiger charge is -2.14. The van der Waals surface area contributed by atoms with E-state index < -0.39 is 0 Å². The molecule has 0 atom stereocenters. The highest BCUT2D eigenvalue weighted by molar-refractivity contribution is 9.10. The zero-order valence-electron chi connectivity index (χ0n) is 15.3. The van der Waals surface area contributed by atoms with Crippen molar-refractivity contribution >= 4 is 33.4 Å². The minimum Gasteiger partial charge on any atom is -0.493 e. The highest BCUT2D eigenvalue weighted by atomic mass is 79.9. The van der Waals surface area contributed by atoms with E-state index in [2.05, 4.69) is 21.2 Å². The summed E-state index contributed by atoms with van der Waals surface area (Å²) in [5.41, 5.74) is 1.12. The van der Waals surface area contributed by atoms with E-state index in [-0.39, 0.29) is 12.5 Å². The molecule has 0 saturated heterocycles. The van der Waals surface area contributed by atoms with Gasteiger partial charge in [0, 0.05) is 29.2 Å². The van der Waals surface area contributed by atoms with E-state index in [1.807, 2.05) is 6.07 Å². The largest absolute Gasteiger partial charge is 0.493 e. The molecular weight excluding hydrogens is 438 g/mol. The van der Waals surface area contributed by atoms with Crippen molar-refractivity contribution < 1.29 is 23.7 Å². The van der Waals surface area contributed by atoms with Gasteiger partial charge in [0.25, 0.3) is 5.91 Å². The number of hydrogen-bond donors (Lipinski definition) is 1. The first-order chi connectivity index (χ1) is 13.0. The molecule has 8 heteroatoms. The van der Waals surface area contributed by atoms with E-state index in [4.69, 9.17) is 30.5 Å². The maximum absolute atomic E-state index is 12.7. The summed E-state index contributed by atoms with van der Waals surface area (Å²) in [4.78, 5) is 12.7. The average Bonchev–Trinajstić information content (AvgIpc) is 2.67. The summed E-state index contributed by atoms with van der Waals surface area (Å²) in [5.74, 6) is 1.26. The molecular formula is C19H21BrClNO5. The molecule has 2 rings (SSSR count). The Morgan fingerprint density at radius 3 is 2.41 bits per heavy atom. The first-order valence-corrected chi connectivity index (χ1v) is 9.27. The Kier molecular flexibility index (Phi) is 8.22. The molecule has 0 bridgehead atoms. The van der Waals surface area contributed by atoms with Crippen molar-refractivity contribution in [2.45, 2.75) is 6.54 Å². The molecule has 0 radical (unpaired) electrons. The Morgan fingerprint density at radius 2 is 1.74 bits per heavy atom. The summed E-state index contributed by atoms with van der Waals surface area (Å²) in [6.07, 6.45) is 0. The van der Waals surface area contributed by atoms with E-state index >= 15 is 0 Å². The first-order valence-electron chi connectivity index (χ1n) is 8.10. The predicted molar refractivity (Wildman–Crippen MR) is 107 cm³/mol. The van der Waals surface area contributed by atoms with Crippen molar-refractivity contribution in [3.05, 3.63) is 51.0 Å². The van der Waals surface area contributed by atoms with Crippen LogP contribution in [0.2, 0.25) is 5.02 Å². The zero-order valence-corrected chi connectivity index (χ0v) is 17.6. The number of hydrogen-bond acceptors (Lipinski definition) is 5. The lowest BCUT2D eigenvalue weighted by molar-refractivity contribution is 0.0943. The van der Waals surface area contributed by atoms with Crippen molar-refractivity contribution in [1.29, 1.82) is 0 Å². The van der Waals surface area contributed by atoms with Gasteiger partial charge in [-0.25, -0.2) is 0 Å². The highest BCUT2D eigenvalue weighted by Gasteiger charge is 2.15. The van der Waals surface area contributed by atoms with Gasteiger partial charge in [-0.05, 0) is 29.8 Å². The van der Waals surface area contributed by atoms with E-state index in [1.165, 1.54) is 7.11 Å². The van der Waals surface area contributed by atoms with Gasteiger partial charge >= 0.3 is 0 Å². The lowest BCUT2D eigenvalue weighted by Crippen LogP contribution is -2.24. The number of rotatable bonds is 9. The Bertz CT molecular complexity index is 800. The number of carbonyl (C=O) groups is 1. The quantitative estimate of drug-likeness (QED) is 0.574. The van der Waals surface area contributed by atoms with Crippen molar-refractivity contribution in [3.8, 4) is 17.2 Å². The van der Waals surface area contributed by atoms with E-state index in [0.717, 1.165) is 4.47 Å². The normalized spacial score (nSPS) is 10.4. The van der Waals surface area contributed by atoms with Gasteiger partial charge in [0.15, 0.2) is 11.5 Å². The topological polar surface area (TPSA) is 66.0 Å². The van der Waals surface area contributed by atoms with Gasteiger partial charge in [-0.1, -0.05) is 27.5 Å². The maximum Gasteiger partial charge on any atom is 0.255 e. The summed E-state index contributed by atoms with van der Waals surface area (Å²) in [7, 11) is 4.67. The molecule has 0 spiro atoms. The molecule has 0 aliphatic heterocycles. The molecule has 6 nitrogen and oxygen atoms in total. The second-order valence-electron chi connectivity index (χ2n) is 5.46. The minimum atomic E-state index is -0.283.